The maximum Gasteiger partial charge on any atom is 0.269 e. The number of hydrogen-bond donors (Lipinski definition) is 1. The molecule has 0 saturated carbocycles. The number of carbonyl (C=O) groups excluding carboxylic acids is 1. The Labute approximate surface area is 108 Å². The van der Waals surface area contributed by atoms with Crippen LogP contribution in [0.4, 0.5) is 11.6 Å². The monoisotopic (exact) mass is 258 g/mol. The van der Waals surface area contributed by atoms with Crippen molar-refractivity contribution in [3.8, 4) is 11.3 Å². The maximum atomic E-state index is 11.5. The zero-order chi connectivity index (χ0) is 14.0. The van der Waals surface area contributed by atoms with Crippen LogP contribution in [0.3, 0.4) is 0 Å². The average Bonchev–Trinajstić information content (AvgIpc) is 2.38. The van der Waals surface area contributed by atoms with E-state index in [2.05, 4.69) is 9.97 Å². The molecule has 1 aromatic heterocycles. The first-order chi connectivity index (χ1) is 8.99. The number of hydrogen-bond acceptors (Lipinski definition) is 6. The second kappa shape index (κ2) is 4.81. The SMILES string of the molecule is CC(=O)c1cnc(N)nc1-c1ccc([N+](=O)[O-])cc1. The van der Waals surface area contributed by atoms with Crippen LogP contribution in [0.1, 0.15) is 17.3 Å². The second-order valence-electron chi connectivity index (χ2n) is 3.85. The molecule has 0 spiro atoms. The van der Waals surface area contributed by atoms with E-state index in [1.807, 2.05) is 0 Å². The first kappa shape index (κ1) is 12.6. The van der Waals surface area contributed by atoms with Gasteiger partial charge >= 0.3 is 0 Å². The fourth-order valence-corrected chi connectivity index (χ4v) is 1.61. The van der Waals surface area contributed by atoms with Gasteiger partial charge in [-0.25, -0.2) is 9.97 Å². The third-order valence-corrected chi connectivity index (χ3v) is 2.54. The molecule has 0 fully saturated rings. The molecule has 0 atom stereocenters. The van der Waals surface area contributed by atoms with Crippen molar-refractivity contribution < 1.29 is 9.72 Å². The fourth-order valence-electron chi connectivity index (χ4n) is 1.61. The highest BCUT2D eigenvalue weighted by Gasteiger charge is 2.13. The number of nitro benzene ring substituents is 1. The number of carbonyl (C=O) groups is 1. The molecule has 2 rings (SSSR count). The number of nitrogens with zero attached hydrogens (tertiary/aromatic N) is 3. The van der Waals surface area contributed by atoms with Crippen molar-refractivity contribution >= 4 is 17.4 Å². The summed E-state index contributed by atoms with van der Waals surface area (Å²) in [5.41, 5.74) is 6.74. The third kappa shape index (κ3) is 2.54. The Balaban J connectivity index is 2.54. The Kier molecular flexibility index (Phi) is 3.19. The smallest absolute Gasteiger partial charge is 0.269 e. The summed E-state index contributed by atoms with van der Waals surface area (Å²) in [5.74, 6) is -0.160. The molecule has 2 N–H and O–H groups in total. The first-order valence-electron chi connectivity index (χ1n) is 5.37. The number of benzene rings is 1. The van der Waals surface area contributed by atoms with Gasteiger partial charge in [-0.1, -0.05) is 0 Å². The second-order valence-corrected chi connectivity index (χ2v) is 3.85. The van der Waals surface area contributed by atoms with Gasteiger partial charge in [0.1, 0.15) is 0 Å². The van der Waals surface area contributed by atoms with Crippen LogP contribution in [0.25, 0.3) is 11.3 Å². The molecule has 0 aliphatic carbocycles. The Morgan fingerprint density at radius 2 is 1.95 bits per heavy atom. The summed E-state index contributed by atoms with van der Waals surface area (Å²) < 4.78 is 0. The summed E-state index contributed by atoms with van der Waals surface area (Å²) in [6.45, 7) is 1.39. The molecule has 1 aromatic carbocycles. The molecule has 0 bridgehead atoms. The van der Waals surface area contributed by atoms with Crippen LogP contribution in [-0.2, 0) is 0 Å². The molecule has 7 heteroatoms. The van der Waals surface area contributed by atoms with Gasteiger partial charge in [0.25, 0.3) is 5.69 Å². The van der Waals surface area contributed by atoms with Gasteiger partial charge in [-0.3, -0.25) is 14.9 Å². The topological polar surface area (TPSA) is 112 Å². The van der Waals surface area contributed by atoms with Crippen molar-refractivity contribution in [1.82, 2.24) is 9.97 Å². The molecule has 19 heavy (non-hydrogen) atoms. The van der Waals surface area contributed by atoms with E-state index in [4.69, 9.17) is 5.73 Å². The Bertz CT molecular complexity index is 653. The molecule has 0 aliphatic rings. The minimum absolute atomic E-state index is 0.0323. The van der Waals surface area contributed by atoms with Gasteiger partial charge in [-0.2, -0.15) is 0 Å². The standard InChI is InChI=1S/C12H10N4O3/c1-7(17)10-6-14-12(13)15-11(10)8-2-4-9(5-3-8)16(18)19/h2-6H,1H3,(H2,13,14,15). The van der Waals surface area contributed by atoms with E-state index in [-0.39, 0.29) is 17.4 Å². The molecule has 0 amide bonds. The summed E-state index contributed by atoms with van der Waals surface area (Å²) in [7, 11) is 0. The van der Waals surface area contributed by atoms with E-state index in [1.165, 1.54) is 37.4 Å². The number of nitrogens with two attached hydrogens (primary N) is 1. The first-order valence-corrected chi connectivity index (χ1v) is 5.37. The van der Waals surface area contributed by atoms with Gasteiger partial charge in [-0.15, -0.1) is 0 Å². The highest BCUT2D eigenvalue weighted by atomic mass is 16.6. The van der Waals surface area contributed by atoms with Crippen LogP contribution in [0.2, 0.25) is 0 Å². The van der Waals surface area contributed by atoms with E-state index < -0.39 is 4.92 Å². The van der Waals surface area contributed by atoms with E-state index in [0.29, 0.717) is 16.8 Å². The normalized spacial score (nSPS) is 10.2. The van der Waals surface area contributed by atoms with Gasteiger partial charge in [0, 0.05) is 23.9 Å². The quantitative estimate of drug-likeness (QED) is 0.510. The summed E-state index contributed by atoms with van der Waals surface area (Å²) in [6, 6.07) is 5.73. The van der Waals surface area contributed by atoms with E-state index in [9.17, 15) is 14.9 Å². The van der Waals surface area contributed by atoms with Crippen molar-refractivity contribution in [3.63, 3.8) is 0 Å². The fraction of sp³-hybridized carbons (Fsp3) is 0.0833. The molecule has 0 radical (unpaired) electrons. The molecule has 2 aromatic rings. The number of rotatable bonds is 3. The summed E-state index contributed by atoms with van der Waals surface area (Å²) in [4.78, 5) is 29.4. The van der Waals surface area contributed by atoms with Crippen LogP contribution in [0.5, 0.6) is 0 Å². The summed E-state index contributed by atoms with van der Waals surface area (Å²) >= 11 is 0. The lowest BCUT2D eigenvalue weighted by atomic mass is 10.0. The average molecular weight is 258 g/mol. The molecule has 7 nitrogen and oxygen atoms in total. The predicted molar refractivity (Wildman–Crippen MR) is 68.5 cm³/mol. The van der Waals surface area contributed by atoms with Crippen LogP contribution in [-0.4, -0.2) is 20.7 Å². The lowest BCUT2D eigenvalue weighted by Crippen LogP contribution is -2.04. The van der Waals surface area contributed by atoms with Crippen molar-refractivity contribution in [2.45, 2.75) is 6.92 Å². The summed E-state index contributed by atoms with van der Waals surface area (Å²) in [6.07, 6.45) is 1.35. The predicted octanol–water partition coefficient (Wildman–Crippen LogP) is 1.84. The lowest BCUT2D eigenvalue weighted by molar-refractivity contribution is -0.384. The molecular formula is C12H10N4O3. The van der Waals surface area contributed by atoms with Crippen molar-refractivity contribution in [3.05, 3.63) is 46.1 Å². The number of nitro groups is 1. The van der Waals surface area contributed by atoms with Crippen molar-refractivity contribution in [2.24, 2.45) is 0 Å². The van der Waals surface area contributed by atoms with Crippen LogP contribution in [0, 0.1) is 10.1 Å². The van der Waals surface area contributed by atoms with Gasteiger partial charge in [-0.05, 0) is 19.1 Å². The number of ketones is 1. The minimum atomic E-state index is -0.496. The Morgan fingerprint density at radius 1 is 1.32 bits per heavy atom. The molecule has 1 heterocycles. The number of anilines is 1. The van der Waals surface area contributed by atoms with E-state index >= 15 is 0 Å². The van der Waals surface area contributed by atoms with Crippen molar-refractivity contribution in [2.75, 3.05) is 5.73 Å². The lowest BCUT2D eigenvalue weighted by Gasteiger charge is -2.06. The van der Waals surface area contributed by atoms with Gasteiger partial charge in [0.05, 0.1) is 16.2 Å². The van der Waals surface area contributed by atoms with Crippen LogP contribution in [0.15, 0.2) is 30.5 Å². The Morgan fingerprint density at radius 3 is 2.47 bits per heavy atom. The highest BCUT2D eigenvalue weighted by Crippen LogP contribution is 2.24. The van der Waals surface area contributed by atoms with Crippen LogP contribution >= 0.6 is 0 Å². The number of Topliss-reactive ketones (excluding diaryl/α,β-unsaturated/α-hetero) is 1. The number of nitrogen functional groups attached to an aromatic ring is 1. The van der Waals surface area contributed by atoms with E-state index in [0.717, 1.165) is 0 Å². The largest absolute Gasteiger partial charge is 0.368 e. The van der Waals surface area contributed by atoms with Crippen molar-refractivity contribution in [1.29, 1.82) is 0 Å². The third-order valence-electron chi connectivity index (χ3n) is 2.54. The number of non-ortho nitro benzene ring substituents is 1. The highest BCUT2D eigenvalue weighted by molar-refractivity contribution is 5.99. The number of aromatic nitrogens is 2. The molecular weight excluding hydrogens is 248 g/mol. The molecule has 0 saturated heterocycles. The van der Waals surface area contributed by atoms with Gasteiger partial charge in [0.2, 0.25) is 5.95 Å². The zero-order valence-corrected chi connectivity index (χ0v) is 10.0. The van der Waals surface area contributed by atoms with Gasteiger partial charge < -0.3 is 5.73 Å². The summed E-state index contributed by atoms with van der Waals surface area (Å²) in [5, 5.41) is 10.6. The molecule has 0 unspecified atom stereocenters. The van der Waals surface area contributed by atoms with E-state index in [1.54, 1.807) is 0 Å². The van der Waals surface area contributed by atoms with Crippen LogP contribution < -0.4 is 5.73 Å². The molecule has 96 valence electrons. The maximum absolute atomic E-state index is 11.5. The zero-order valence-electron chi connectivity index (χ0n) is 10.0. The Hall–Kier alpha value is -2.83. The molecule has 0 aliphatic heterocycles. The minimum Gasteiger partial charge on any atom is -0.368 e. The van der Waals surface area contributed by atoms with Gasteiger partial charge in [0.15, 0.2) is 5.78 Å².